The van der Waals surface area contributed by atoms with Crippen molar-refractivity contribution in [3.8, 4) is 0 Å². The zero-order valence-corrected chi connectivity index (χ0v) is 12.3. The topological polar surface area (TPSA) is 49.4 Å². The molecule has 0 aromatic heterocycles. The van der Waals surface area contributed by atoms with Crippen LogP contribution in [0.3, 0.4) is 0 Å². The molecule has 1 unspecified atom stereocenters. The highest BCUT2D eigenvalue weighted by Crippen LogP contribution is 2.32. The predicted molar refractivity (Wildman–Crippen MR) is 77.0 cm³/mol. The molecular weight excluding hydrogens is 252 g/mol. The van der Waals surface area contributed by atoms with Gasteiger partial charge in [0.05, 0.1) is 6.54 Å². The van der Waals surface area contributed by atoms with Gasteiger partial charge in [-0.1, -0.05) is 32.1 Å². The monoisotopic (exact) mass is 278 g/mol. The number of nitrogens with one attached hydrogen (secondary N) is 1. The Kier molecular flexibility index (Phi) is 4.27. The van der Waals surface area contributed by atoms with Crippen molar-refractivity contribution in [1.29, 1.82) is 0 Å². The van der Waals surface area contributed by atoms with Crippen LogP contribution in [0, 0.1) is 11.8 Å². The fraction of sp³-hybridized carbons (Fsp3) is 0.875. The standard InChI is InChI=1S/C16H26N2O2/c19-14-10-17-16(20)15(13-8-2-1-3-9-13)18(14)11-12-6-4-5-7-12/h12-13,15H,1-11H2,(H,17,20). The molecule has 1 N–H and O–H groups in total. The summed E-state index contributed by atoms with van der Waals surface area (Å²) in [6.07, 6.45) is 10.9. The Morgan fingerprint density at radius 1 is 0.950 bits per heavy atom. The van der Waals surface area contributed by atoms with Crippen molar-refractivity contribution >= 4 is 11.8 Å². The molecule has 1 atom stereocenters. The van der Waals surface area contributed by atoms with Crippen molar-refractivity contribution in [2.24, 2.45) is 11.8 Å². The van der Waals surface area contributed by atoms with E-state index in [2.05, 4.69) is 5.32 Å². The fourth-order valence-corrected chi connectivity index (χ4v) is 4.27. The van der Waals surface area contributed by atoms with Crippen LogP contribution in [0.1, 0.15) is 57.8 Å². The minimum Gasteiger partial charge on any atom is -0.345 e. The summed E-state index contributed by atoms with van der Waals surface area (Å²) in [5.41, 5.74) is 0. The van der Waals surface area contributed by atoms with Crippen molar-refractivity contribution in [2.75, 3.05) is 13.1 Å². The van der Waals surface area contributed by atoms with Gasteiger partial charge >= 0.3 is 0 Å². The van der Waals surface area contributed by atoms with Crippen molar-refractivity contribution in [2.45, 2.75) is 63.8 Å². The van der Waals surface area contributed by atoms with Gasteiger partial charge < -0.3 is 10.2 Å². The summed E-state index contributed by atoms with van der Waals surface area (Å²) in [5, 5.41) is 2.80. The lowest BCUT2D eigenvalue weighted by molar-refractivity contribution is -0.149. The van der Waals surface area contributed by atoms with Crippen LogP contribution >= 0.6 is 0 Å². The van der Waals surface area contributed by atoms with E-state index in [1.165, 1.54) is 44.9 Å². The zero-order chi connectivity index (χ0) is 13.9. The van der Waals surface area contributed by atoms with E-state index < -0.39 is 0 Å². The van der Waals surface area contributed by atoms with Gasteiger partial charge in [-0.3, -0.25) is 9.59 Å². The molecule has 0 radical (unpaired) electrons. The highest BCUT2D eigenvalue weighted by molar-refractivity contribution is 5.95. The maximum absolute atomic E-state index is 12.3. The summed E-state index contributed by atoms with van der Waals surface area (Å²) in [7, 11) is 0. The molecule has 1 saturated heterocycles. The highest BCUT2D eigenvalue weighted by Gasteiger charge is 2.40. The average molecular weight is 278 g/mol. The van der Waals surface area contributed by atoms with Gasteiger partial charge in [0.2, 0.25) is 11.8 Å². The van der Waals surface area contributed by atoms with Gasteiger partial charge in [-0.2, -0.15) is 0 Å². The molecule has 3 rings (SSSR count). The third kappa shape index (κ3) is 2.84. The Balaban J connectivity index is 1.73. The number of nitrogens with zero attached hydrogens (tertiary/aromatic N) is 1. The largest absolute Gasteiger partial charge is 0.345 e. The number of hydrogen-bond acceptors (Lipinski definition) is 2. The number of amides is 2. The summed E-state index contributed by atoms with van der Waals surface area (Å²) in [6.45, 7) is 1.02. The van der Waals surface area contributed by atoms with Gasteiger partial charge in [-0.25, -0.2) is 0 Å². The molecule has 3 aliphatic rings. The molecule has 2 aliphatic carbocycles. The molecule has 1 heterocycles. The molecule has 4 nitrogen and oxygen atoms in total. The van der Waals surface area contributed by atoms with E-state index in [4.69, 9.17) is 0 Å². The molecule has 2 amide bonds. The number of piperazine rings is 1. The highest BCUT2D eigenvalue weighted by atomic mass is 16.2. The lowest BCUT2D eigenvalue weighted by Gasteiger charge is -2.41. The van der Waals surface area contributed by atoms with Crippen molar-refractivity contribution in [3.63, 3.8) is 0 Å². The number of hydrogen-bond donors (Lipinski definition) is 1. The van der Waals surface area contributed by atoms with Crippen molar-refractivity contribution in [1.82, 2.24) is 10.2 Å². The van der Waals surface area contributed by atoms with Crippen LogP contribution in [0.25, 0.3) is 0 Å². The average Bonchev–Trinajstić information content (AvgIpc) is 2.97. The minimum absolute atomic E-state index is 0.0921. The summed E-state index contributed by atoms with van der Waals surface area (Å²) in [6, 6.07) is -0.183. The molecule has 0 bridgehead atoms. The van der Waals surface area contributed by atoms with Gasteiger partial charge in [-0.05, 0) is 37.5 Å². The molecule has 1 aliphatic heterocycles. The van der Waals surface area contributed by atoms with Crippen LogP contribution in [0.2, 0.25) is 0 Å². The third-order valence-electron chi connectivity index (χ3n) is 5.36. The van der Waals surface area contributed by atoms with E-state index in [1.54, 1.807) is 0 Å². The van der Waals surface area contributed by atoms with Crippen molar-refractivity contribution < 1.29 is 9.59 Å². The summed E-state index contributed by atoms with van der Waals surface area (Å²) in [5.74, 6) is 1.23. The number of rotatable bonds is 3. The lowest BCUT2D eigenvalue weighted by Crippen LogP contribution is -2.61. The van der Waals surface area contributed by atoms with E-state index in [-0.39, 0.29) is 24.4 Å². The lowest BCUT2D eigenvalue weighted by atomic mass is 9.82. The first-order valence-corrected chi connectivity index (χ1v) is 8.33. The first-order chi connectivity index (χ1) is 9.75. The predicted octanol–water partition coefficient (Wildman–Crippen LogP) is 2.08. The SMILES string of the molecule is O=C1NCC(=O)N(CC2CCCC2)C1C1CCCCC1. The normalized spacial score (nSPS) is 29.8. The van der Waals surface area contributed by atoms with Crippen LogP contribution in [0.15, 0.2) is 0 Å². The van der Waals surface area contributed by atoms with Crippen LogP contribution in [-0.2, 0) is 9.59 Å². The van der Waals surface area contributed by atoms with Crippen LogP contribution in [0.5, 0.6) is 0 Å². The van der Waals surface area contributed by atoms with E-state index in [9.17, 15) is 9.59 Å². The first kappa shape index (κ1) is 13.9. The van der Waals surface area contributed by atoms with E-state index >= 15 is 0 Å². The molecule has 0 aromatic carbocycles. The molecule has 20 heavy (non-hydrogen) atoms. The maximum atomic E-state index is 12.3. The Morgan fingerprint density at radius 3 is 2.30 bits per heavy atom. The molecule has 3 fully saturated rings. The summed E-state index contributed by atoms with van der Waals surface area (Å²) in [4.78, 5) is 26.5. The second-order valence-corrected chi connectivity index (χ2v) is 6.76. The van der Waals surface area contributed by atoms with Crippen LogP contribution < -0.4 is 5.32 Å². The van der Waals surface area contributed by atoms with Gasteiger partial charge in [0.25, 0.3) is 0 Å². The fourth-order valence-electron chi connectivity index (χ4n) is 4.27. The smallest absolute Gasteiger partial charge is 0.243 e. The molecule has 112 valence electrons. The summed E-state index contributed by atoms with van der Waals surface area (Å²) < 4.78 is 0. The molecular formula is C16H26N2O2. The minimum atomic E-state index is -0.183. The molecule has 0 aromatic rings. The van der Waals surface area contributed by atoms with E-state index in [0.29, 0.717) is 11.8 Å². The Labute approximate surface area is 121 Å². The van der Waals surface area contributed by atoms with Gasteiger partial charge in [0, 0.05) is 6.54 Å². The Bertz CT molecular complexity index is 371. The quantitative estimate of drug-likeness (QED) is 0.859. The first-order valence-electron chi connectivity index (χ1n) is 8.33. The van der Waals surface area contributed by atoms with Gasteiger partial charge in [0.15, 0.2) is 0 Å². The second kappa shape index (κ2) is 6.15. The molecule has 4 heteroatoms. The third-order valence-corrected chi connectivity index (χ3v) is 5.36. The van der Waals surface area contributed by atoms with Crippen LogP contribution in [-0.4, -0.2) is 35.8 Å². The van der Waals surface area contributed by atoms with E-state index in [0.717, 1.165) is 19.4 Å². The Hall–Kier alpha value is -1.06. The summed E-state index contributed by atoms with van der Waals surface area (Å²) >= 11 is 0. The second-order valence-electron chi connectivity index (χ2n) is 6.76. The maximum Gasteiger partial charge on any atom is 0.243 e. The van der Waals surface area contributed by atoms with Crippen molar-refractivity contribution in [3.05, 3.63) is 0 Å². The number of carbonyl (C=O) groups excluding carboxylic acids is 2. The Morgan fingerprint density at radius 2 is 1.60 bits per heavy atom. The van der Waals surface area contributed by atoms with E-state index in [1.807, 2.05) is 4.90 Å². The van der Waals surface area contributed by atoms with Crippen LogP contribution in [0.4, 0.5) is 0 Å². The molecule has 0 spiro atoms. The van der Waals surface area contributed by atoms with Gasteiger partial charge in [0.1, 0.15) is 6.04 Å². The van der Waals surface area contributed by atoms with Gasteiger partial charge in [-0.15, -0.1) is 0 Å². The molecule has 2 saturated carbocycles. The number of carbonyl (C=O) groups is 2. The zero-order valence-electron chi connectivity index (χ0n) is 12.3.